The number of hydrogen-bond acceptors (Lipinski definition) is 3. The summed E-state index contributed by atoms with van der Waals surface area (Å²) < 4.78 is 26.0. The average Bonchev–Trinajstić information content (AvgIpc) is 1.65. The van der Waals surface area contributed by atoms with Gasteiger partial charge in [-0.05, 0) is 171 Å². The first-order valence-electron chi connectivity index (χ1n) is 30.6. The first kappa shape index (κ1) is 57.1. The molecule has 0 aliphatic heterocycles. The molecule has 0 aliphatic carbocycles. The minimum atomic E-state index is 0.952. The summed E-state index contributed by atoms with van der Waals surface area (Å²) in [7, 11) is 4.21. The topological polar surface area (TPSA) is 68.8 Å². The Hall–Kier alpha value is -9.99. The van der Waals surface area contributed by atoms with Gasteiger partial charge in [-0.1, -0.05) is 146 Å². The number of imidazole rings is 1. The fraction of sp³-hybridized carbons (Fsp3) is 0.203. The molecular formula is C79H77N7O2. The van der Waals surface area contributed by atoms with Crippen LogP contribution in [-0.2, 0) is 14.1 Å². The van der Waals surface area contributed by atoms with E-state index in [4.69, 9.17) is 13.8 Å². The van der Waals surface area contributed by atoms with Gasteiger partial charge < -0.3 is 22.5 Å². The number of aromatic nitrogens is 7. The van der Waals surface area contributed by atoms with Crippen molar-refractivity contribution in [2.45, 2.75) is 96.9 Å². The van der Waals surface area contributed by atoms with Crippen molar-refractivity contribution in [1.82, 2.24) is 32.4 Å². The second kappa shape index (κ2) is 22.1. The van der Waals surface area contributed by atoms with Crippen LogP contribution < -0.4 is 0 Å². The number of fused-ring (bicyclic) bond motifs is 12. The molecule has 0 unspecified atom stereocenters. The highest BCUT2D eigenvalue weighted by Gasteiger charge is 2.25. The molecule has 8 aromatic carbocycles. The molecule has 0 N–H and O–H groups in total. The van der Waals surface area contributed by atoms with E-state index in [0.717, 1.165) is 34.2 Å². The van der Waals surface area contributed by atoms with Gasteiger partial charge in [0.15, 0.2) is 5.65 Å². The van der Waals surface area contributed by atoms with E-state index in [2.05, 4.69) is 295 Å². The Balaban J connectivity index is 0.000000108. The quantitative estimate of drug-likeness (QED) is 0.176. The van der Waals surface area contributed by atoms with Crippen LogP contribution in [0.5, 0.6) is 0 Å². The Morgan fingerprint density at radius 2 is 0.727 bits per heavy atom. The van der Waals surface area contributed by atoms with Gasteiger partial charge in [0.1, 0.15) is 17.2 Å². The zero-order valence-electron chi connectivity index (χ0n) is 53.7. The van der Waals surface area contributed by atoms with Crippen molar-refractivity contribution < 1.29 is 8.83 Å². The van der Waals surface area contributed by atoms with Crippen LogP contribution in [0.15, 0.2) is 185 Å². The molecule has 0 amide bonds. The van der Waals surface area contributed by atoms with Crippen LogP contribution >= 0.6 is 0 Å². The predicted molar refractivity (Wildman–Crippen MR) is 370 cm³/mol. The van der Waals surface area contributed by atoms with Crippen molar-refractivity contribution in [3.63, 3.8) is 0 Å². The number of nitrogens with zero attached hydrogens (tertiary/aromatic N) is 7. The highest BCUT2D eigenvalue weighted by atomic mass is 16.3. The Morgan fingerprint density at radius 3 is 1.26 bits per heavy atom. The SMILES string of the molecule is Cc1cccc(C)c1-n1c(C)c(C)c2c3ccccc3oc21.Cc1cccc(C)c1-n1c2ccccc2c2c(C)c(C)oc21.Cc1cccc(C)c1-n1c2ccccc2c2c(C)n(C)cc21.Cc1cccc(C)c1-n1c2ccccc2c2c1nc(C)n2C. The van der Waals surface area contributed by atoms with Gasteiger partial charge in [0.25, 0.3) is 0 Å². The van der Waals surface area contributed by atoms with Crippen LogP contribution in [0.25, 0.3) is 111 Å². The minimum absolute atomic E-state index is 0.952. The van der Waals surface area contributed by atoms with Crippen LogP contribution in [0.2, 0.25) is 0 Å². The summed E-state index contributed by atoms with van der Waals surface area (Å²) in [5, 5.41) is 8.87. The molecule has 0 fully saturated rings. The van der Waals surface area contributed by atoms with Crippen molar-refractivity contribution in [3.8, 4) is 22.7 Å². The Morgan fingerprint density at radius 1 is 0.330 bits per heavy atom. The number of aryl methyl sites for hydroxylation is 15. The monoisotopic (exact) mass is 1160 g/mol. The van der Waals surface area contributed by atoms with Gasteiger partial charge in [0, 0.05) is 64.2 Å². The minimum Gasteiger partial charge on any atom is -0.444 e. The highest BCUT2D eigenvalue weighted by molar-refractivity contribution is 6.12. The Labute approximate surface area is 514 Å². The first-order chi connectivity index (χ1) is 42.4. The molecule has 0 atom stereocenters. The van der Waals surface area contributed by atoms with E-state index >= 15 is 0 Å². The number of furan rings is 2. The van der Waals surface area contributed by atoms with Gasteiger partial charge >= 0.3 is 0 Å². The highest BCUT2D eigenvalue weighted by Crippen LogP contribution is 2.42. The average molecular weight is 1160 g/mol. The lowest BCUT2D eigenvalue weighted by Gasteiger charge is -2.13. The van der Waals surface area contributed by atoms with E-state index in [0.29, 0.717) is 0 Å². The van der Waals surface area contributed by atoms with Gasteiger partial charge in [0.05, 0.1) is 61.1 Å². The van der Waals surface area contributed by atoms with Crippen molar-refractivity contribution in [1.29, 1.82) is 0 Å². The van der Waals surface area contributed by atoms with Crippen molar-refractivity contribution in [3.05, 3.63) is 255 Å². The molecule has 0 aliphatic rings. The molecule has 440 valence electrons. The Bertz CT molecular complexity index is 4930. The number of benzene rings is 8. The zero-order valence-corrected chi connectivity index (χ0v) is 53.7. The van der Waals surface area contributed by atoms with Gasteiger partial charge in [-0.3, -0.25) is 13.7 Å². The zero-order chi connectivity index (χ0) is 61.7. The van der Waals surface area contributed by atoms with Crippen molar-refractivity contribution in [2.24, 2.45) is 14.1 Å². The Kier molecular flexibility index (Phi) is 14.3. The smallest absolute Gasteiger partial charge is 0.213 e. The third-order valence-electron chi connectivity index (χ3n) is 18.7. The maximum Gasteiger partial charge on any atom is 0.213 e. The molecule has 9 nitrogen and oxygen atoms in total. The van der Waals surface area contributed by atoms with Crippen molar-refractivity contribution in [2.75, 3.05) is 0 Å². The summed E-state index contributed by atoms with van der Waals surface area (Å²) in [5.74, 6) is 2.03. The van der Waals surface area contributed by atoms with E-state index in [1.807, 2.05) is 19.1 Å². The summed E-state index contributed by atoms with van der Waals surface area (Å²) in [4.78, 5) is 4.83. The summed E-state index contributed by atoms with van der Waals surface area (Å²) in [6, 6.07) is 59.9. The predicted octanol–water partition coefficient (Wildman–Crippen LogP) is 20.7. The normalized spacial score (nSPS) is 11.6. The maximum absolute atomic E-state index is 6.21. The van der Waals surface area contributed by atoms with Crippen LogP contribution in [-0.4, -0.2) is 32.4 Å². The molecule has 0 radical (unpaired) electrons. The lowest BCUT2D eigenvalue weighted by Crippen LogP contribution is -2.01. The van der Waals surface area contributed by atoms with E-state index in [1.165, 1.54) is 155 Å². The second-order valence-electron chi connectivity index (χ2n) is 24.3. The summed E-state index contributed by atoms with van der Waals surface area (Å²) >= 11 is 0. The second-order valence-corrected chi connectivity index (χ2v) is 24.3. The third-order valence-corrected chi connectivity index (χ3v) is 18.7. The standard InChI is InChI=1S/C20H20N2.2C20H19NO.C19H19N3/c1-13-8-7-9-14(2)20(13)22-17-11-6-5-10-16(17)19-15(3)21(4)12-18(19)22;1-12-8-7-9-13(2)19(12)21-17-11-6-5-10-16(17)18-14(3)15(4)22-20(18)21;1-12-8-7-9-13(2)19(12)21-15(4)14(3)18-16-10-5-6-11-17(16)22-20(18)21;1-12-8-7-9-13(2)17(12)22-16-11-6-5-10-15(16)18-19(22)20-14(3)21(18)4/h5-12H,1-4H3;3*5-11H,1-4H3. The van der Waals surface area contributed by atoms with Gasteiger partial charge in [0.2, 0.25) is 11.4 Å². The third kappa shape index (κ3) is 9.00. The first-order valence-corrected chi connectivity index (χ1v) is 30.6. The molecule has 0 saturated heterocycles. The number of rotatable bonds is 4. The molecular weight excluding hydrogens is 1080 g/mol. The fourth-order valence-electron chi connectivity index (χ4n) is 14.0. The number of hydrogen-bond donors (Lipinski definition) is 0. The van der Waals surface area contributed by atoms with E-state index < -0.39 is 0 Å². The molecule has 9 heteroatoms. The van der Waals surface area contributed by atoms with Gasteiger partial charge in [-0.25, -0.2) is 4.98 Å². The summed E-state index contributed by atoms with van der Waals surface area (Å²) in [6.07, 6.45) is 2.25. The maximum atomic E-state index is 6.21. The molecule has 8 aromatic heterocycles. The molecule has 16 aromatic rings. The lowest BCUT2D eigenvalue weighted by atomic mass is 10.1. The van der Waals surface area contributed by atoms with E-state index in [-0.39, 0.29) is 0 Å². The van der Waals surface area contributed by atoms with E-state index in [9.17, 15) is 0 Å². The van der Waals surface area contributed by atoms with Crippen LogP contribution in [0.1, 0.15) is 78.6 Å². The number of para-hydroxylation sites is 8. The van der Waals surface area contributed by atoms with Crippen LogP contribution in [0, 0.1) is 96.9 Å². The molecule has 0 bridgehead atoms. The van der Waals surface area contributed by atoms with Crippen LogP contribution in [0.3, 0.4) is 0 Å². The largest absolute Gasteiger partial charge is 0.444 e. The van der Waals surface area contributed by atoms with Gasteiger partial charge in [-0.15, -0.1) is 0 Å². The molecule has 8 heterocycles. The summed E-state index contributed by atoms with van der Waals surface area (Å²) in [5.41, 5.74) is 30.4. The van der Waals surface area contributed by atoms with Crippen molar-refractivity contribution >= 4 is 87.9 Å². The molecule has 88 heavy (non-hydrogen) atoms. The molecule has 0 spiro atoms. The van der Waals surface area contributed by atoms with Gasteiger partial charge in [-0.2, -0.15) is 0 Å². The van der Waals surface area contributed by atoms with E-state index in [1.54, 1.807) is 0 Å². The van der Waals surface area contributed by atoms with Crippen LogP contribution in [0.4, 0.5) is 0 Å². The summed E-state index contributed by atoms with van der Waals surface area (Å²) in [6.45, 7) is 30.1. The fourth-order valence-corrected chi connectivity index (χ4v) is 14.0. The molecule has 16 rings (SSSR count). The lowest BCUT2D eigenvalue weighted by molar-refractivity contribution is 0.558. The molecule has 0 saturated carbocycles.